The van der Waals surface area contributed by atoms with Gasteiger partial charge in [0.05, 0.1) is 6.26 Å². The van der Waals surface area contributed by atoms with Crippen molar-refractivity contribution in [1.82, 2.24) is 5.32 Å². The number of hydrogen-bond acceptors (Lipinski definition) is 2. The zero-order valence-electron chi connectivity index (χ0n) is 11.0. The fourth-order valence-electron chi connectivity index (χ4n) is 4.04. The first-order chi connectivity index (χ1) is 8.33. The molecule has 4 unspecified atom stereocenters. The van der Waals surface area contributed by atoms with E-state index in [2.05, 4.69) is 18.3 Å². The molecule has 96 valence electrons. The van der Waals surface area contributed by atoms with Gasteiger partial charge in [-0.2, -0.15) is 0 Å². The van der Waals surface area contributed by atoms with Crippen molar-refractivity contribution in [2.24, 2.45) is 11.8 Å². The number of hydrogen-bond donors (Lipinski definition) is 1. The predicted molar refractivity (Wildman–Crippen MR) is 69.7 cm³/mol. The second-order valence-corrected chi connectivity index (χ2v) is 6.11. The number of ether oxygens (including phenoxy) is 1. The van der Waals surface area contributed by atoms with Gasteiger partial charge in [0.2, 0.25) is 0 Å². The van der Waals surface area contributed by atoms with Gasteiger partial charge in [-0.3, -0.25) is 0 Å². The molecule has 1 saturated carbocycles. The summed E-state index contributed by atoms with van der Waals surface area (Å²) < 4.78 is 6.08. The van der Waals surface area contributed by atoms with Gasteiger partial charge in [-0.25, -0.2) is 0 Å². The van der Waals surface area contributed by atoms with E-state index in [9.17, 15) is 0 Å². The summed E-state index contributed by atoms with van der Waals surface area (Å²) in [5, 5.41) is 3.70. The molecule has 0 spiro atoms. The topological polar surface area (TPSA) is 21.3 Å². The van der Waals surface area contributed by atoms with Gasteiger partial charge < -0.3 is 10.1 Å². The lowest BCUT2D eigenvalue weighted by Crippen LogP contribution is -2.66. The zero-order valence-corrected chi connectivity index (χ0v) is 11.0. The first-order valence-corrected chi connectivity index (χ1v) is 7.41. The molecule has 0 radical (unpaired) electrons. The third-order valence-corrected chi connectivity index (χ3v) is 5.19. The van der Waals surface area contributed by atoms with Gasteiger partial charge in [0.15, 0.2) is 0 Å². The van der Waals surface area contributed by atoms with E-state index in [4.69, 9.17) is 4.74 Å². The number of allylic oxidation sites excluding steroid dienone is 1. The standard InChI is InChI=1S/C15H25NO/c1-12-15-11-13(8-10-17-15)14(15)7-5-3-2-4-6-9-16-12/h8,10,12-14,16H,2-7,9,11H2,1H3. The second-order valence-electron chi connectivity index (χ2n) is 6.11. The Morgan fingerprint density at radius 3 is 2.88 bits per heavy atom. The lowest BCUT2D eigenvalue weighted by molar-refractivity contribution is -0.169. The highest BCUT2D eigenvalue weighted by molar-refractivity contribution is 5.17. The van der Waals surface area contributed by atoms with Crippen LogP contribution in [0, 0.1) is 11.8 Å². The average molecular weight is 235 g/mol. The molecule has 2 bridgehead atoms. The van der Waals surface area contributed by atoms with Crippen molar-refractivity contribution < 1.29 is 4.74 Å². The van der Waals surface area contributed by atoms with Crippen molar-refractivity contribution in [2.75, 3.05) is 6.54 Å². The fourth-order valence-corrected chi connectivity index (χ4v) is 4.04. The van der Waals surface area contributed by atoms with E-state index in [1.54, 1.807) is 0 Å². The van der Waals surface area contributed by atoms with Crippen LogP contribution in [0.1, 0.15) is 51.9 Å². The molecule has 2 heteroatoms. The summed E-state index contributed by atoms with van der Waals surface area (Å²) >= 11 is 0. The van der Waals surface area contributed by atoms with Crippen LogP contribution in [-0.2, 0) is 4.74 Å². The summed E-state index contributed by atoms with van der Waals surface area (Å²) in [7, 11) is 0. The van der Waals surface area contributed by atoms with Gasteiger partial charge in [-0.1, -0.05) is 25.7 Å². The Labute approximate surface area is 105 Å². The molecule has 2 nitrogen and oxygen atoms in total. The molecule has 0 aromatic carbocycles. The number of rotatable bonds is 0. The second kappa shape index (κ2) is 4.64. The van der Waals surface area contributed by atoms with Crippen LogP contribution in [0.4, 0.5) is 0 Å². The SMILES string of the molecule is CC1NCCCCCCCC2C3C=COC12C3. The summed E-state index contributed by atoms with van der Waals surface area (Å²) in [5.74, 6) is 1.57. The smallest absolute Gasteiger partial charge is 0.127 e. The molecule has 0 aromatic heterocycles. The van der Waals surface area contributed by atoms with Gasteiger partial charge in [-0.15, -0.1) is 0 Å². The lowest BCUT2D eigenvalue weighted by Gasteiger charge is -2.59. The molecule has 0 aromatic rings. The molecule has 2 fully saturated rings. The van der Waals surface area contributed by atoms with E-state index < -0.39 is 0 Å². The minimum atomic E-state index is 0.129. The van der Waals surface area contributed by atoms with Gasteiger partial charge in [-0.05, 0) is 44.7 Å². The van der Waals surface area contributed by atoms with E-state index >= 15 is 0 Å². The number of nitrogens with one attached hydrogen (secondary N) is 1. The van der Waals surface area contributed by atoms with Crippen molar-refractivity contribution in [3.8, 4) is 0 Å². The van der Waals surface area contributed by atoms with Gasteiger partial charge in [0.25, 0.3) is 0 Å². The van der Waals surface area contributed by atoms with E-state index in [-0.39, 0.29) is 5.60 Å². The molecule has 3 aliphatic rings. The van der Waals surface area contributed by atoms with Gasteiger partial charge in [0, 0.05) is 12.0 Å². The maximum atomic E-state index is 6.08. The largest absolute Gasteiger partial charge is 0.493 e. The minimum absolute atomic E-state index is 0.129. The Bertz CT molecular complexity index is 301. The molecular formula is C15H25NO. The Kier molecular flexibility index (Phi) is 3.16. The van der Waals surface area contributed by atoms with Crippen molar-refractivity contribution in [3.63, 3.8) is 0 Å². The van der Waals surface area contributed by atoms with Gasteiger partial charge in [0.1, 0.15) is 5.60 Å². The summed E-state index contributed by atoms with van der Waals surface area (Å²) in [6, 6.07) is 0.506. The van der Waals surface area contributed by atoms with Crippen molar-refractivity contribution in [3.05, 3.63) is 12.3 Å². The lowest BCUT2D eigenvalue weighted by atomic mass is 9.55. The Morgan fingerprint density at radius 2 is 2.00 bits per heavy atom. The van der Waals surface area contributed by atoms with Crippen LogP contribution in [0.5, 0.6) is 0 Å². The van der Waals surface area contributed by atoms with Crippen LogP contribution >= 0.6 is 0 Å². The van der Waals surface area contributed by atoms with E-state index in [1.165, 1.54) is 44.9 Å². The highest BCUT2D eigenvalue weighted by Gasteiger charge is 2.58. The summed E-state index contributed by atoms with van der Waals surface area (Å²) in [6.45, 7) is 3.48. The summed E-state index contributed by atoms with van der Waals surface area (Å²) in [6.07, 6.45) is 13.8. The summed E-state index contributed by atoms with van der Waals surface area (Å²) in [5.41, 5.74) is 0.129. The van der Waals surface area contributed by atoms with Crippen LogP contribution < -0.4 is 5.32 Å². The summed E-state index contributed by atoms with van der Waals surface area (Å²) in [4.78, 5) is 0. The molecule has 3 rings (SSSR count). The predicted octanol–water partition coefficient (Wildman–Crippen LogP) is 3.24. The first-order valence-electron chi connectivity index (χ1n) is 7.41. The normalized spacial score (nSPS) is 46.1. The molecular weight excluding hydrogens is 210 g/mol. The van der Waals surface area contributed by atoms with Crippen molar-refractivity contribution in [2.45, 2.75) is 63.5 Å². The molecule has 4 atom stereocenters. The van der Waals surface area contributed by atoms with Gasteiger partial charge >= 0.3 is 0 Å². The third kappa shape index (κ3) is 1.91. The Hall–Kier alpha value is -0.500. The maximum absolute atomic E-state index is 6.08. The highest BCUT2D eigenvalue weighted by atomic mass is 16.5. The van der Waals surface area contributed by atoms with E-state index in [0.29, 0.717) is 6.04 Å². The third-order valence-electron chi connectivity index (χ3n) is 5.19. The van der Waals surface area contributed by atoms with Crippen molar-refractivity contribution >= 4 is 0 Å². The minimum Gasteiger partial charge on any atom is -0.493 e. The monoisotopic (exact) mass is 235 g/mol. The molecule has 1 saturated heterocycles. The van der Waals surface area contributed by atoms with E-state index in [0.717, 1.165) is 18.4 Å². The Balaban J connectivity index is 1.74. The molecule has 1 N–H and O–H groups in total. The maximum Gasteiger partial charge on any atom is 0.127 e. The Morgan fingerprint density at radius 1 is 1.18 bits per heavy atom. The average Bonchev–Trinajstić information content (AvgIpc) is 2.38. The molecule has 2 aliphatic heterocycles. The van der Waals surface area contributed by atoms with Crippen LogP contribution in [0.25, 0.3) is 0 Å². The van der Waals surface area contributed by atoms with Crippen LogP contribution in [0.2, 0.25) is 0 Å². The van der Waals surface area contributed by atoms with Crippen LogP contribution in [0.3, 0.4) is 0 Å². The van der Waals surface area contributed by atoms with Crippen LogP contribution in [0.15, 0.2) is 12.3 Å². The van der Waals surface area contributed by atoms with E-state index in [1.807, 2.05) is 6.26 Å². The van der Waals surface area contributed by atoms with Crippen LogP contribution in [-0.4, -0.2) is 18.2 Å². The van der Waals surface area contributed by atoms with Crippen molar-refractivity contribution in [1.29, 1.82) is 0 Å². The molecule has 1 aliphatic carbocycles. The first kappa shape index (κ1) is 11.6. The fraction of sp³-hybridized carbons (Fsp3) is 0.867. The molecule has 17 heavy (non-hydrogen) atoms. The zero-order chi connectivity index (χ0) is 11.7. The highest BCUT2D eigenvalue weighted by Crippen LogP contribution is 2.54. The molecule has 2 heterocycles. The molecule has 0 amide bonds. The quantitative estimate of drug-likeness (QED) is 0.696.